The molecule has 0 aromatic carbocycles. The number of aldehydes is 1. The predicted octanol–water partition coefficient (Wildman–Crippen LogP) is 0.342. The Morgan fingerprint density at radius 1 is 1.45 bits per heavy atom. The van der Waals surface area contributed by atoms with Gasteiger partial charge in [0.15, 0.2) is 0 Å². The van der Waals surface area contributed by atoms with Gasteiger partial charge in [-0.05, 0) is 12.8 Å². The molecule has 1 N–H and O–H groups in total. The molecule has 1 aliphatic heterocycles. The second kappa shape index (κ2) is 4.01. The Labute approximate surface area is 67.1 Å². The minimum Gasteiger partial charge on any atom is -0.375 e. The van der Waals surface area contributed by atoms with Crippen molar-refractivity contribution in [3.05, 3.63) is 11.9 Å². The fraction of sp³-hybridized carbons (Fsp3) is 0.625. The van der Waals surface area contributed by atoms with Gasteiger partial charge in [0.05, 0.1) is 0 Å². The van der Waals surface area contributed by atoms with Crippen LogP contribution in [-0.4, -0.2) is 31.3 Å². The molecular formula is C8H14N2O. The molecule has 0 spiro atoms. The van der Waals surface area contributed by atoms with Gasteiger partial charge in [0.1, 0.15) is 12.1 Å². The van der Waals surface area contributed by atoms with E-state index in [2.05, 4.69) is 10.2 Å². The van der Waals surface area contributed by atoms with E-state index in [1.165, 1.54) is 12.8 Å². The van der Waals surface area contributed by atoms with Crippen LogP contribution in [0.15, 0.2) is 11.9 Å². The van der Waals surface area contributed by atoms with Crippen LogP contribution in [0.5, 0.6) is 0 Å². The molecule has 3 heteroatoms. The first kappa shape index (κ1) is 8.11. The number of carbonyl (C=O) groups excluding carboxylic acids is 1. The van der Waals surface area contributed by atoms with Crippen molar-refractivity contribution in [1.29, 1.82) is 0 Å². The highest BCUT2D eigenvalue weighted by Crippen LogP contribution is 2.11. The lowest BCUT2D eigenvalue weighted by Gasteiger charge is -2.19. The molecule has 3 nitrogen and oxygen atoms in total. The van der Waals surface area contributed by atoms with Crippen LogP contribution in [0.4, 0.5) is 0 Å². The number of rotatable bonds is 3. The normalized spacial score (nSPS) is 18.6. The summed E-state index contributed by atoms with van der Waals surface area (Å²) in [6, 6.07) is 0. The maximum absolute atomic E-state index is 10.2. The Morgan fingerprint density at radius 2 is 2.09 bits per heavy atom. The second-order valence-corrected chi connectivity index (χ2v) is 2.63. The highest BCUT2D eigenvalue weighted by molar-refractivity contribution is 5.65. The number of hydrogen-bond donors (Lipinski definition) is 1. The topological polar surface area (TPSA) is 32.3 Å². The van der Waals surface area contributed by atoms with Crippen LogP contribution in [0.3, 0.4) is 0 Å². The Kier molecular flexibility index (Phi) is 2.95. The maximum atomic E-state index is 10.2. The molecule has 62 valence electrons. The summed E-state index contributed by atoms with van der Waals surface area (Å²) >= 11 is 0. The fourth-order valence-corrected chi connectivity index (χ4v) is 1.37. The van der Waals surface area contributed by atoms with Gasteiger partial charge in [0.2, 0.25) is 0 Å². The summed E-state index contributed by atoms with van der Waals surface area (Å²) in [5.41, 5.74) is 0. The van der Waals surface area contributed by atoms with Gasteiger partial charge in [-0.2, -0.15) is 0 Å². The van der Waals surface area contributed by atoms with E-state index >= 15 is 0 Å². The smallest absolute Gasteiger partial charge is 0.146 e. The minimum atomic E-state index is 0.824. The zero-order valence-electron chi connectivity index (χ0n) is 6.84. The highest BCUT2D eigenvalue weighted by Gasteiger charge is 2.12. The molecular weight excluding hydrogens is 140 g/mol. The third-order valence-corrected chi connectivity index (χ3v) is 1.93. The SMILES string of the molecule is CNC(=CC=O)N1CCCC1. The number of nitrogens with one attached hydrogen (secondary N) is 1. The van der Waals surface area contributed by atoms with Gasteiger partial charge in [-0.25, -0.2) is 0 Å². The van der Waals surface area contributed by atoms with E-state index in [0.29, 0.717) is 0 Å². The van der Waals surface area contributed by atoms with Crippen LogP contribution in [0.2, 0.25) is 0 Å². The summed E-state index contributed by atoms with van der Waals surface area (Å²) in [5, 5.41) is 3.00. The Morgan fingerprint density at radius 3 is 2.55 bits per heavy atom. The molecule has 0 unspecified atom stereocenters. The Balaban J connectivity index is 2.53. The summed E-state index contributed by atoms with van der Waals surface area (Å²) in [6.45, 7) is 2.14. The molecule has 1 heterocycles. The molecule has 0 amide bonds. The van der Waals surface area contributed by atoms with Crippen molar-refractivity contribution >= 4 is 6.29 Å². The standard InChI is InChI=1S/C8H14N2O/c1-9-8(4-7-11)10-5-2-3-6-10/h4,7,9H,2-3,5-6H2,1H3. The van der Waals surface area contributed by atoms with E-state index < -0.39 is 0 Å². The number of hydrogen-bond acceptors (Lipinski definition) is 3. The second-order valence-electron chi connectivity index (χ2n) is 2.63. The van der Waals surface area contributed by atoms with E-state index in [0.717, 1.165) is 25.2 Å². The Hall–Kier alpha value is -0.990. The van der Waals surface area contributed by atoms with Crippen LogP contribution < -0.4 is 5.32 Å². The average molecular weight is 154 g/mol. The largest absolute Gasteiger partial charge is 0.375 e. The van der Waals surface area contributed by atoms with Crippen LogP contribution in [0, 0.1) is 0 Å². The van der Waals surface area contributed by atoms with Crippen molar-refractivity contribution in [3.63, 3.8) is 0 Å². The lowest BCUT2D eigenvalue weighted by atomic mass is 10.4. The van der Waals surface area contributed by atoms with Crippen molar-refractivity contribution in [2.24, 2.45) is 0 Å². The summed E-state index contributed by atoms with van der Waals surface area (Å²) < 4.78 is 0. The molecule has 0 aliphatic carbocycles. The lowest BCUT2D eigenvalue weighted by Crippen LogP contribution is -2.27. The summed E-state index contributed by atoms with van der Waals surface area (Å²) in [4.78, 5) is 12.4. The zero-order valence-corrected chi connectivity index (χ0v) is 6.84. The van der Waals surface area contributed by atoms with Crippen molar-refractivity contribution in [1.82, 2.24) is 10.2 Å². The number of carbonyl (C=O) groups is 1. The highest BCUT2D eigenvalue weighted by atomic mass is 16.1. The quantitative estimate of drug-likeness (QED) is 0.470. The average Bonchev–Trinajstić information content (AvgIpc) is 2.52. The van der Waals surface area contributed by atoms with E-state index in [4.69, 9.17) is 0 Å². The molecule has 0 radical (unpaired) electrons. The molecule has 1 aliphatic rings. The van der Waals surface area contributed by atoms with E-state index in [9.17, 15) is 4.79 Å². The molecule has 0 atom stereocenters. The van der Waals surface area contributed by atoms with Crippen LogP contribution in [0.1, 0.15) is 12.8 Å². The maximum Gasteiger partial charge on any atom is 0.146 e. The first-order valence-electron chi connectivity index (χ1n) is 3.96. The van der Waals surface area contributed by atoms with Crippen LogP contribution in [-0.2, 0) is 4.79 Å². The molecule has 0 aromatic heterocycles. The number of likely N-dealkylation sites (tertiary alicyclic amines) is 1. The van der Waals surface area contributed by atoms with Crippen LogP contribution >= 0.6 is 0 Å². The third-order valence-electron chi connectivity index (χ3n) is 1.93. The summed E-state index contributed by atoms with van der Waals surface area (Å²) in [7, 11) is 1.84. The first-order valence-corrected chi connectivity index (χ1v) is 3.96. The van der Waals surface area contributed by atoms with E-state index in [1.54, 1.807) is 6.08 Å². The van der Waals surface area contributed by atoms with Gasteiger partial charge < -0.3 is 10.2 Å². The van der Waals surface area contributed by atoms with Gasteiger partial charge in [0.25, 0.3) is 0 Å². The first-order chi connectivity index (χ1) is 5.38. The fourth-order valence-electron chi connectivity index (χ4n) is 1.37. The van der Waals surface area contributed by atoms with Gasteiger partial charge in [-0.1, -0.05) is 0 Å². The van der Waals surface area contributed by atoms with Gasteiger partial charge in [-0.15, -0.1) is 0 Å². The van der Waals surface area contributed by atoms with Gasteiger partial charge in [0, 0.05) is 26.2 Å². The molecule has 1 rings (SSSR count). The lowest BCUT2D eigenvalue weighted by molar-refractivity contribution is -0.104. The van der Waals surface area contributed by atoms with E-state index in [-0.39, 0.29) is 0 Å². The summed E-state index contributed by atoms with van der Waals surface area (Å²) in [5.74, 6) is 0.942. The molecule has 1 saturated heterocycles. The summed E-state index contributed by atoms with van der Waals surface area (Å²) in [6.07, 6.45) is 4.87. The van der Waals surface area contributed by atoms with E-state index in [1.807, 2.05) is 7.05 Å². The van der Waals surface area contributed by atoms with Crippen LogP contribution in [0.25, 0.3) is 0 Å². The molecule has 0 aromatic rings. The van der Waals surface area contributed by atoms with Crippen molar-refractivity contribution in [2.75, 3.05) is 20.1 Å². The van der Waals surface area contributed by atoms with Gasteiger partial charge >= 0.3 is 0 Å². The third kappa shape index (κ3) is 1.97. The number of allylic oxidation sites excluding steroid dienone is 1. The Bertz CT molecular complexity index is 159. The zero-order chi connectivity index (χ0) is 8.10. The predicted molar refractivity (Wildman–Crippen MR) is 44.0 cm³/mol. The van der Waals surface area contributed by atoms with Gasteiger partial charge in [-0.3, -0.25) is 4.79 Å². The van der Waals surface area contributed by atoms with Crippen molar-refractivity contribution in [3.8, 4) is 0 Å². The molecule has 1 fully saturated rings. The molecule has 0 saturated carbocycles. The van der Waals surface area contributed by atoms with Crippen molar-refractivity contribution in [2.45, 2.75) is 12.8 Å². The monoisotopic (exact) mass is 154 g/mol. The minimum absolute atomic E-state index is 0.824. The molecule has 11 heavy (non-hydrogen) atoms. The number of nitrogens with zero attached hydrogens (tertiary/aromatic N) is 1. The molecule has 0 bridgehead atoms. The van der Waals surface area contributed by atoms with Crippen molar-refractivity contribution < 1.29 is 4.79 Å².